The van der Waals surface area contributed by atoms with Crippen LogP contribution in [0.25, 0.3) is 10.8 Å². The van der Waals surface area contributed by atoms with E-state index < -0.39 is 5.97 Å². The molecule has 3 rings (SSSR count). The average Bonchev–Trinajstić information content (AvgIpc) is 2.60. The molecule has 0 fully saturated rings. The van der Waals surface area contributed by atoms with Gasteiger partial charge in [-0.2, -0.15) is 0 Å². The number of rotatable bonds is 4. The van der Waals surface area contributed by atoms with Crippen molar-refractivity contribution in [2.75, 3.05) is 14.2 Å². The lowest BCUT2D eigenvalue weighted by Crippen LogP contribution is -2.09. The van der Waals surface area contributed by atoms with E-state index in [9.17, 15) is 9.90 Å². The second-order valence-corrected chi connectivity index (χ2v) is 5.18. The molecule has 0 amide bonds. The maximum absolute atomic E-state index is 12.4. The molecule has 0 radical (unpaired) electrons. The monoisotopic (exact) mass is 324 g/mol. The summed E-state index contributed by atoms with van der Waals surface area (Å²) in [4.78, 5) is 12.4. The van der Waals surface area contributed by atoms with Gasteiger partial charge in [-0.25, -0.2) is 4.79 Å². The highest BCUT2D eigenvalue weighted by Crippen LogP contribution is 2.26. The van der Waals surface area contributed by atoms with Crippen molar-refractivity contribution >= 4 is 16.7 Å². The van der Waals surface area contributed by atoms with Crippen LogP contribution in [-0.4, -0.2) is 25.3 Å². The van der Waals surface area contributed by atoms with Gasteiger partial charge in [-0.15, -0.1) is 0 Å². The molecule has 0 spiro atoms. The third kappa shape index (κ3) is 3.25. The minimum absolute atomic E-state index is 0.156. The van der Waals surface area contributed by atoms with Crippen LogP contribution in [0, 0.1) is 0 Å². The normalized spacial score (nSPS) is 10.4. The van der Waals surface area contributed by atoms with Crippen molar-refractivity contribution in [3.8, 4) is 23.0 Å². The molecule has 5 nitrogen and oxygen atoms in total. The number of benzene rings is 3. The fourth-order valence-electron chi connectivity index (χ4n) is 2.37. The largest absolute Gasteiger partial charge is 0.508 e. The van der Waals surface area contributed by atoms with E-state index in [0.29, 0.717) is 22.8 Å². The van der Waals surface area contributed by atoms with E-state index in [4.69, 9.17) is 14.2 Å². The van der Waals surface area contributed by atoms with Crippen LogP contribution in [-0.2, 0) is 0 Å². The molecule has 24 heavy (non-hydrogen) atoms. The number of esters is 1. The van der Waals surface area contributed by atoms with Crippen LogP contribution in [0.15, 0.2) is 54.6 Å². The molecule has 1 N–H and O–H groups in total. The number of aromatic hydroxyl groups is 1. The summed E-state index contributed by atoms with van der Waals surface area (Å²) in [6.07, 6.45) is 0. The summed E-state index contributed by atoms with van der Waals surface area (Å²) in [5, 5.41) is 11.3. The first-order valence-electron chi connectivity index (χ1n) is 7.27. The molecule has 122 valence electrons. The SMILES string of the molecule is COc1cc(OC)cc(C(=O)Oc2ccc3ccc(O)cc3c2)c1. The molecular formula is C19H16O5. The van der Waals surface area contributed by atoms with Gasteiger partial charge >= 0.3 is 5.97 Å². The smallest absolute Gasteiger partial charge is 0.343 e. The van der Waals surface area contributed by atoms with Crippen LogP contribution in [0.4, 0.5) is 0 Å². The number of ether oxygens (including phenoxy) is 3. The van der Waals surface area contributed by atoms with Gasteiger partial charge in [-0.3, -0.25) is 0 Å². The van der Waals surface area contributed by atoms with Crippen molar-refractivity contribution in [1.29, 1.82) is 0 Å². The van der Waals surface area contributed by atoms with Crippen molar-refractivity contribution in [3.05, 3.63) is 60.2 Å². The van der Waals surface area contributed by atoms with Crippen LogP contribution in [0.2, 0.25) is 0 Å². The lowest BCUT2D eigenvalue weighted by atomic mass is 10.1. The Kier molecular flexibility index (Phi) is 4.24. The topological polar surface area (TPSA) is 65.0 Å². The van der Waals surface area contributed by atoms with E-state index in [1.54, 1.807) is 48.5 Å². The number of hydrogen-bond acceptors (Lipinski definition) is 5. The summed E-state index contributed by atoms with van der Waals surface area (Å²) >= 11 is 0. The minimum Gasteiger partial charge on any atom is -0.508 e. The molecule has 0 heterocycles. The molecule has 3 aromatic carbocycles. The molecule has 0 aliphatic rings. The third-order valence-electron chi connectivity index (χ3n) is 3.59. The van der Waals surface area contributed by atoms with Crippen LogP contribution in [0.5, 0.6) is 23.0 Å². The Morgan fingerprint density at radius 1 is 0.792 bits per heavy atom. The van der Waals surface area contributed by atoms with Gasteiger partial charge < -0.3 is 19.3 Å². The molecule has 0 saturated heterocycles. The Balaban J connectivity index is 1.89. The third-order valence-corrected chi connectivity index (χ3v) is 3.59. The Labute approximate surface area is 139 Å². The van der Waals surface area contributed by atoms with Gasteiger partial charge in [0.1, 0.15) is 23.0 Å². The number of hydrogen-bond donors (Lipinski definition) is 1. The van der Waals surface area contributed by atoms with E-state index in [-0.39, 0.29) is 5.75 Å². The highest BCUT2D eigenvalue weighted by atomic mass is 16.5. The number of fused-ring (bicyclic) bond motifs is 1. The standard InChI is InChI=1S/C19H16O5/c1-22-17-9-14(10-18(11-17)23-2)19(21)24-16-6-4-12-3-5-15(20)7-13(12)8-16/h3-11,20H,1-2H3. The lowest BCUT2D eigenvalue weighted by molar-refractivity contribution is 0.0734. The fraction of sp³-hybridized carbons (Fsp3) is 0.105. The van der Waals surface area contributed by atoms with Crippen molar-refractivity contribution in [2.45, 2.75) is 0 Å². The summed E-state index contributed by atoms with van der Waals surface area (Å²) < 4.78 is 15.7. The molecule has 0 atom stereocenters. The summed E-state index contributed by atoms with van der Waals surface area (Å²) in [6, 6.07) is 15.1. The van der Waals surface area contributed by atoms with E-state index in [1.807, 2.05) is 6.07 Å². The van der Waals surface area contributed by atoms with Gasteiger partial charge in [-0.05, 0) is 47.2 Å². The molecule has 0 aromatic heterocycles. The Morgan fingerprint density at radius 2 is 1.46 bits per heavy atom. The quantitative estimate of drug-likeness (QED) is 0.584. The first-order chi connectivity index (χ1) is 11.6. The summed E-state index contributed by atoms with van der Waals surface area (Å²) in [5.74, 6) is 1.03. The highest BCUT2D eigenvalue weighted by molar-refractivity contribution is 5.93. The predicted molar refractivity (Wildman–Crippen MR) is 90.1 cm³/mol. The average molecular weight is 324 g/mol. The van der Waals surface area contributed by atoms with E-state index in [0.717, 1.165) is 10.8 Å². The van der Waals surface area contributed by atoms with E-state index in [2.05, 4.69) is 0 Å². The van der Waals surface area contributed by atoms with E-state index >= 15 is 0 Å². The first-order valence-corrected chi connectivity index (χ1v) is 7.27. The molecule has 5 heteroatoms. The molecule has 0 saturated carbocycles. The maximum atomic E-state index is 12.4. The van der Waals surface area contributed by atoms with Crippen molar-refractivity contribution in [2.24, 2.45) is 0 Å². The summed E-state index contributed by atoms with van der Waals surface area (Å²) in [5.41, 5.74) is 0.321. The number of methoxy groups -OCH3 is 2. The van der Waals surface area contributed by atoms with Gasteiger partial charge in [-0.1, -0.05) is 12.1 Å². The molecular weight excluding hydrogens is 308 g/mol. The van der Waals surface area contributed by atoms with Crippen LogP contribution >= 0.6 is 0 Å². The fourth-order valence-corrected chi connectivity index (χ4v) is 2.37. The maximum Gasteiger partial charge on any atom is 0.343 e. The van der Waals surface area contributed by atoms with Crippen molar-refractivity contribution < 1.29 is 24.1 Å². The second-order valence-electron chi connectivity index (χ2n) is 5.18. The predicted octanol–water partition coefficient (Wildman–Crippen LogP) is 3.78. The minimum atomic E-state index is -0.522. The Hall–Kier alpha value is -3.21. The van der Waals surface area contributed by atoms with Crippen molar-refractivity contribution in [1.82, 2.24) is 0 Å². The number of carbonyl (C=O) groups excluding carboxylic acids is 1. The molecule has 0 aliphatic heterocycles. The highest BCUT2D eigenvalue weighted by Gasteiger charge is 2.12. The second kappa shape index (κ2) is 6.50. The van der Waals surface area contributed by atoms with Gasteiger partial charge in [0, 0.05) is 6.07 Å². The first kappa shape index (κ1) is 15.7. The van der Waals surface area contributed by atoms with Gasteiger partial charge in [0.25, 0.3) is 0 Å². The summed E-state index contributed by atoms with van der Waals surface area (Å²) in [7, 11) is 3.03. The van der Waals surface area contributed by atoms with E-state index in [1.165, 1.54) is 14.2 Å². The van der Waals surface area contributed by atoms with Crippen LogP contribution in [0.1, 0.15) is 10.4 Å². The lowest BCUT2D eigenvalue weighted by Gasteiger charge is -2.09. The molecule has 0 unspecified atom stereocenters. The van der Waals surface area contributed by atoms with Gasteiger partial charge in [0.2, 0.25) is 0 Å². The Bertz CT molecular complexity index is 879. The van der Waals surface area contributed by atoms with Gasteiger partial charge in [0.05, 0.1) is 19.8 Å². The number of phenolic OH excluding ortho intramolecular Hbond substituents is 1. The number of carbonyl (C=O) groups is 1. The van der Waals surface area contributed by atoms with Gasteiger partial charge in [0.15, 0.2) is 0 Å². The Morgan fingerprint density at radius 3 is 2.12 bits per heavy atom. The summed E-state index contributed by atoms with van der Waals surface area (Å²) in [6.45, 7) is 0. The molecule has 3 aromatic rings. The van der Waals surface area contributed by atoms with Crippen LogP contribution < -0.4 is 14.2 Å². The zero-order valence-electron chi connectivity index (χ0n) is 13.3. The zero-order chi connectivity index (χ0) is 17.1. The molecule has 0 bridgehead atoms. The number of phenols is 1. The van der Waals surface area contributed by atoms with Crippen molar-refractivity contribution in [3.63, 3.8) is 0 Å². The molecule has 0 aliphatic carbocycles. The zero-order valence-corrected chi connectivity index (χ0v) is 13.3. The van der Waals surface area contributed by atoms with Crippen LogP contribution in [0.3, 0.4) is 0 Å².